The van der Waals surface area contributed by atoms with Gasteiger partial charge in [-0.15, -0.1) is 0 Å². The van der Waals surface area contributed by atoms with E-state index in [1.165, 1.54) is 0 Å². The lowest BCUT2D eigenvalue weighted by Gasteiger charge is -2.14. The van der Waals surface area contributed by atoms with Crippen LogP contribution in [0.4, 0.5) is 0 Å². The van der Waals surface area contributed by atoms with Crippen LogP contribution in [0.25, 0.3) is 0 Å². The maximum absolute atomic E-state index is 11.5. The third-order valence-electron chi connectivity index (χ3n) is 2.22. The van der Waals surface area contributed by atoms with E-state index in [0.29, 0.717) is 6.04 Å². The van der Waals surface area contributed by atoms with Crippen LogP contribution in [0.3, 0.4) is 0 Å². The first kappa shape index (κ1) is 14.2. The predicted molar refractivity (Wildman–Crippen MR) is 64.8 cm³/mol. The minimum Gasteiger partial charge on any atom is -0.350 e. The zero-order valence-corrected chi connectivity index (χ0v) is 10.4. The topological polar surface area (TPSA) is 32.3 Å². The lowest BCUT2D eigenvalue weighted by molar-refractivity contribution is -0.117. The van der Waals surface area contributed by atoms with Crippen LogP contribution in [0, 0.1) is 0 Å². The first-order valence-corrected chi connectivity index (χ1v) is 5.71. The second-order valence-electron chi connectivity index (χ2n) is 4.07. The minimum absolute atomic E-state index is 0.0251. The lowest BCUT2D eigenvalue weighted by atomic mass is 10.1. The molecule has 0 aliphatic carbocycles. The molecule has 0 saturated carbocycles. The van der Waals surface area contributed by atoms with E-state index in [4.69, 9.17) is 0 Å². The number of likely N-dealkylation sites (N-methyl/N-ethyl adjacent to an activating group) is 1. The summed E-state index contributed by atoms with van der Waals surface area (Å²) in [5.74, 6) is 0.0251. The molecule has 0 heterocycles. The van der Waals surface area contributed by atoms with E-state index in [0.717, 1.165) is 25.8 Å². The van der Waals surface area contributed by atoms with Crippen LogP contribution in [0.1, 0.15) is 33.1 Å². The van der Waals surface area contributed by atoms with Crippen molar-refractivity contribution in [3.8, 4) is 0 Å². The van der Waals surface area contributed by atoms with Gasteiger partial charge in [-0.2, -0.15) is 0 Å². The molecule has 0 saturated heterocycles. The van der Waals surface area contributed by atoms with E-state index in [9.17, 15) is 4.79 Å². The Morgan fingerprint density at radius 1 is 1.40 bits per heavy atom. The molecule has 0 aromatic carbocycles. The molecule has 0 aliphatic rings. The first-order valence-electron chi connectivity index (χ1n) is 5.71. The van der Waals surface area contributed by atoms with E-state index in [1.807, 2.05) is 25.1 Å². The molecule has 1 N–H and O–H groups in total. The van der Waals surface area contributed by atoms with Crippen LogP contribution < -0.4 is 5.32 Å². The van der Waals surface area contributed by atoms with Gasteiger partial charge in [-0.25, -0.2) is 0 Å². The zero-order valence-electron chi connectivity index (χ0n) is 10.4. The molecule has 3 nitrogen and oxygen atoms in total. The van der Waals surface area contributed by atoms with Crippen LogP contribution in [0.2, 0.25) is 0 Å². The number of nitrogens with one attached hydrogen (secondary N) is 1. The summed E-state index contributed by atoms with van der Waals surface area (Å²) in [6, 6.07) is 0.325. The predicted octanol–water partition coefficient (Wildman–Crippen LogP) is 1.80. The van der Waals surface area contributed by atoms with Crippen molar-refractivity contribution < 1.29 is 4.79 Å². The van der Waals surface area contributed by atoms with Gasteiger partial charge in [0.1, 0.15) is 0 Å². The molecular weight excluding hydrogens is 188 g/mol. The van der Waals surface area contributed by atoms with Crippen LogP contribution in [0.15, 0.2) is 12.2 Å². The summed E-state index contributed by atoms with van der Waals surface area (Å²) in [6.07, 6.45) is 6.68. The van der Waals surface area contributed by atoms with E-state index in [2.05, 4.69) is 19.2 Å². The molecule has 3 heteroatoms. The Hall–Kier alpha value is -0.830. The molecule has 0 rings (SSSR count). The van der Waals surface area contributed by atoms with Gasteiger partial charge in [0.25, 0.3) is 0 Å². The molecule has 0 aromatic rings. The first-order chi connectivity index (χ1) is 7.10. The average molecular weight is 212 g/mol. The van der Waals surface area contributed by atoms with Crippen molar-refractivity contribution in [3.05, 3.63) is 12.2 Å². The molecule has 0 fully saturated rings. The molecule has 88 valence electrons. The highest BCUT2D eigenvalue weighted by Gasteiger charge is 2.06. The Morgan fingerprint density at radius 3 is 2.53 bits per heavy atom. The Bertz CT molecular complexity index is 200. The van der Waals surface area contributed by atoms with E-state index in [1.54, 1.807) is 6.08 Å². The fourth-order valence-electron chi connectivity index (χ4n) is 1.35. The molecule has 0 bridgehead atoms. The third-order valence-corrected chi connectivity index (χ3v) is 2.22. The number of amides is 1. The van der Waals surface area contributed by atoms with E-state index in [-0.39, 0.29) is 5.91 Å². The summed E-state index contributed by atoms with van der Waals surface area (Å²) in [5, 5.41) is 3.00. The maximum atomic E-state index is 11.5. The van der Waals surface area contributed by atoms with Crippen molar-refractivity contribution in [1.82, 2.24) is 10.2 Å². The SMILES string of the molecule is CCCC(CC)NC(=O)/C=C/CN(C)C. The van der Waals surface area contributed by atoms with E-state index < -0.39 is 0 Å². The number of carbonyl (C=O) groups excluding carboxylic acids is 1. The van der Waals surface area contributed by atoms with Crippen molar-refractivity contribution in [3.63, 3.8) is 0 Å². The molecule has 0 aromatic heterocycles. The highest BCUT2D eigenvalue weighted by molar-refractivity contribution is 5.87. The maximum Gasteiger partial charge on any atom is 0.243 e. The van der Waals surface area contributed by atoms with Crippen molar-refractivity contribution in [2.75, 3.05) is 20.6 Å². The van der Waals surface area contributed by atoms with E-state index >= 15 is 0 Å². The Kier molecular flexibility index (Phi) is 8.01. The highest BCUT2D eigenvalue weighted by atomic mass is 16.1. The number of hydrogen-bond acceptors (Lipinski definition) is 2. The minimum atomic E-state index is 0.0251. The Labute approximate surface area is 93.5 Å². The summed E-state index contributed by atoms with van der Waals surface area (Å²) < 4.78 is 0. The summed E-state index contributed by atoms with van der Waals surface area (Å²) >= 11 is 0. The van der Waals surface area contributed by atoms with Gasteiger partial charge in [-0.1, -0.05) is 26.3 Å². The Morgan fingerprint density at radius 2 is 2.07 bits per heavy atom. The number of hydrogen-bond donors (Lipinski definition) is 1. The number of carbonyl (C=O) groups is 1. The largest absolute Gasteiger partial charge is 0.350 e. The van der Waals surface area contributed by atoms with Gasteiger partial charge >= 0.3 is 0 Å². The summed E-state index contributed by atoms with van der Waals surface area (Å²) in [6.45, 7) is 5.04. The van der Waals surface area contributed by atoms with Crippen molar-refractivity contribution in [2.45, 2.75) is 39.2 Å². The molecule has 0 aliphatic heterocycles. The molecule has 0 spiro atoms. The van der Waals surface area contributed by atoms with Gasteiger partial charge in [-0.3, -0.25) is 4.79 Å². The summed E-state index contributed by atoms with van der Waals surface area (Å²) in [5.41, 5.74) is 0. The monoisotopic (exact) mass is 212 g/mol. The molecule has 0 radical (unpaired) electrons. The fourth-order valence-corrected chi connectivity index (χ4v) is 1.35. The lowest BCUT2D eigenvalue weighted by Crippen LogP contribution is -2.33. The highest BCUT2D eigenvalue weighted by Crippen LogP contribution is 2.00. The van der Waals surface area contributed by atoms with Gasteiger partial charge in [-0.05, 0) is 26.9 Å². The fraction of sp³-hybridized carbons (Fsp3) is 0.750. The summed E-state index contributed by atoms with van der Waals surface area (Å²) in [7, 11) is 3.96. The standard InChI is InChI=1S/C12H24N2O/c1-5-8-11(6-2)13-12(15)9-7-10-14(3)4/h7,9,11H,5-6,8,10H2,1-4H3,(H,13,15)/b9-7+. The van der Waals surface area contributed by atoms with Gasteiger partial charge < -0.3 is 10.2 Å². The van der Waals surface area contributed by atoms with Crippen LogP contribution in [-0.2, 0) is 4.79 Å². The molecule has 1 amide bonds. The number of rotatable bonds is 7. The zero-order chi connectivity index (χ0) is 11.7. The average Bonchev–Trinajstić information content (AvgIpc) is 2.16. The smallest absolute Gasteiger partial charge is 0.243 e. The normalized spacial score (nSPS) is 13.4. The van der Waals surface area contributed by atoms with Crippen LogP contribution >= 0.6 is 0 Å². The molecular formula is C12H24N2O. The molecule has 15 heavy (non-hydrogen) atoms. The van der Waals surface area contributed by atoms with Crippen LogP contribution in [0.5, 0.6) is 0 Å². The Balaban J connectivity index is 3.84. The number of nitrogens with zero attached hydrogens (tertiary/aromatic N) is 1. The second-order valence-corrected chi connectivity index (χ2v) is 4.07. The van der Waals surface area contributed by atoms with Crippen molar-refractivity contribution in [2.24, 2.45) is 0 Å². The van der Waals surface area contributed by atoms with Gasteiger partial charge in [0, 0.05) is 18.7 Å². The molecule has 1 atom stereocenters. The van der Waals surface area contributed by atoms with Gasteiger partial charge in [0.2, 0.25) is 5.91 Å². The molecule has 1 unspecified atom stereocenters. The van der Waals surface area contributed by atoms with Crippen molar-refractivity contribution in [1.29, 1.82) is 0 Å². The van der Waals surface area contributed by atoms with Gasteiger partial charge in [0.05, 0.1) is 0 Å². The second kappa shape index (κ2) is 8.48. The summed E-state index contributed by atoms with van der Waals surface area (Å²) in [4.78, 5) is 13.5. The van der Waals surface area contributed by atoms with Gasteiger partial charge in [0.15, 0.2) is 0 Å². The van der Waals surface area contributed by atoms with Crippen molar-refractivity contribution >= 4 is 5.91 Å². The third kappa shape index (κ3) is 8.18. The quantitative estimate of drug-likeness (QED) is 0.653. The van der Waals surface area contributed by atoms with Crippen LogP contribution in [-0.4, -0.2) is 37.5 Å².